The van der Waals surface area contributed by atoms with Crippen LogP contribution in [0.3, 0.4) is 0 Å². The van der Waals surface area contributed by atoms with Crippen LogP contribution in [-0.4, -0.2) is 46.6 Å². The first-order chi connectivity index (χ1) is 9.78. The molecule has 112 valence electrons. The summed E-state index contributed by atoms with van der Waals surface area (Å²) >= 11 is 0. The van der Waals surface area contributed by atoms with Gasteiger partial charge in [-0.2, -0.15) is 0 Å². The summed E-state index contributed by atoms with van der Waals surface area (Å²) in [6, 6.07) is 8.88. The minimum Gasteiger partial charge on any atom is -0.496 e. The summed E-state index contributed by atoms with van der Waals surface area (Å²) in [6.07, 6.45) is 2.44. The summed E-state index contributed by atoms with van der Waals surface area (Å²) < 4.78 is 15.9. The molecule has 1 aliphatic carbocycles. The van der Waals surface area contributed by atoms with Crippen molar-refractivity contribution in [2.45, 2.75) is 30.9 Å². The Bertz CT molecular complexity index is 404. The zero-order valence-electron chi connectivity index (χ0n) is 12.6. The first-order valence-corrected chi connectivity index (χ1v) is 7.16. The first-order valence-electron chi connectivity index (χ1n) is 7.16. The predicted octanol–water partition coefficient (Wildman–Crippen LogP) is 2.19. The largest absolute Gasteiger partial charge is 0.496 e. The molecule has 2 rings (SSSR count). The van der Waals surface area contributed by atoms with Crippen LogP contribution >= 0.6 is 0 Å². The molecule has 1 saturated carbocycles. The van der Waals surface area contributed by atoms with E-state index in [1.807, 2.05) is 12.1 Å². The second-order valence-corrected chi connectivity index (χ2v) is 5.33. The second kappa shape index (κ2) is 7.62. The van der Waals surface area contributed by atoms with Gasteiger partial charge in [0, 0.05) is 26.8 Å². The van der Waals surface area contributed by atoms with E-state index < -0.39 is 0 Å². The van der Waals surface area contributed by atoms with Crippen LogP contribution in [0, 0.1) is 0 Å². The van der Waals surface area contributed by atoms with Crippen LogP contribution in [0.2, 0.25) is 0 Å². The van der Waals surface area contributed by atoms with Gasteiger partial charge in [-0.05, 0) is 30.4 Å². The molecule has 0 saturated heterocycles. The van der Waals surface area contributed by atoms with Gasteiger partial charge in [0.15, 0.2) is 0 Å². The molecule has 1 fully saturated rings. The van der Waals surface area contributed by atoms with Gasteiger partial charge in [0.2, 0.25) is 0 Å². The molecule has 0 heterocycles. The van der Waals surface area contributed by atoms with Gasteiger partial charge in [-0.15, -0.1) is 0 Å². The van der Waals surface area contributed by atoms with Crippen molar-refractivity contribution in [2.75, 3.05) is 34.5 Å². The Labute approximate surface area is 121 Å². The fraction of sp³-hybridized carbons (Fsp3) is 0.625. The Balaban J connectivity index is 1.77. The smallest absolute Gasteiger partial charge is 0.122 e. The molecule has 1 aromatic carbocycles. The third-order valence-corrected chi connectivity index (χ3v) is 4.04. The molecule has 20 heavy (non-hydrogen) atoms. The molecule has 0 bridgehead atoms. The summed E-state index contributed by atoms with van der Waals surface area (Å²) in [5.74, 6) is 1.61. The summed E-state index contributed by atoms with van der Waals surface area (Å²) in [5, 5.41) is 3.55. The average molecular weight is 279 g/mol. The molecule has 1 aliphatic rings. The first kappa shape index (κ1) is 15.3. The molecule has 4 heteroatoms. The van der Waals surface area contributed by atoms with E-state index in [0.29, 0.717) is 18.6 Å². The lowest BCUT2D eigenvalue weighted by atomic mass is 9.75. The Kier molecular flexibility index (Phi) is 5.83. The summed E-state index contributed by atoms with van der Waals surface area (Å²) in [6.45, 7) is 1.47. The Morgan fingerprint density at radius 3 is 2.60 bits per heavy atom. The molecular formula is C16H25NO3. The number of ether oxygens (including phenoxy) is 3. The van der Waals surface area contributed by atoms with Gasteiger partial charge in [-0.3, -0.25) is 0 Å². The van der Waals surface area contributed by atoms with Crippen molar-refractivity contribution in [3.05, 3.63) is 29.8 Å². The number of nitrogens with one attached hydrogen (secondary N) is 1. The maximum atomic E-state index is 5.43. The fourth-order valence-electron chi connectivity index (χ4n) is 2.74. The SMILES string of the molecule is COCC(CNC1CC(c2ccccc2OC)C1)OC. The van der Waals surface area contributed by atoms with Crippen molar-refractivity contribution in [3.63, 3.8) is 0 Å². The lowest BCUT2D eigenvalue weighted by molar-refractivity contribution is 0.0251. The van der Waals surface area contributed by atoms with Gasteiger partial charge in [0.1, 0.15) is 5.75 Å². The van der Waals surface area contributed by atoms with Gasteiger partial charge in [0.25, 0.3) is 0 Å². The van der Waals surface area contributed by atoms with Gasteiger partial charge in [-0.1, -0.05) is 18.2 Å². The van der Waals surface area contributed by atoms with Crippen LogP contribution < -0.4 is 10.1 Å². The molecule has 0 radical (unpaired) electrons. The highest BCUT2D eigenvalue weighted by Crippen LogP contribution is 2.40. The molecule has 0 aromatic heterocycles. The molecule has 1 unspecified atom stereocenters. The molecule has 1 N–H and O–H groups in total. The Morgan fingerprint density at radius 2 is 1.95 bits per heavy atom. The molecule has 4 nitrogen and oxygen atoms in total. The van der Waals surface area contributed by atoms with E-state index in [1.165, 1.54) is 5.56 Å². The molecule has 1 atom stereocenters. The summed E-state index contributed by atoms with van der Waals surface area (Å²) in [7, 11) is 5.16. The minimum absolute atomic E-state index is 0.130. The van der Waals surface area contributed by atoms with E-state index in [-0.39, 0.29) is 6.10 Å². The monoisotopic (exact) mass is 279 g/mol. The Hall–Kier alpha value is -1.10. The van der Waals surface area contributed by atoms with Gasteiger partial charge in [-0.25, -0.2) is 0 Å². The van der Waals surface area contributed by atoms with Crippen LogP contribution in [0.25, 0.3) is 0 Å². The van der Waals surface area contributed by atoms with Gasteiger partial charge >= 0.3 is 0 Å². The van der Waals surface area contributed by atoms with E-state index >= 15 is 0 Å². The highest BCUT2D eigenvalue weighted by atomic mass is 16.5. The van der Waals surface area contributed by atoms with E-state index in [2.05, 4.69) is 17.4 Å². The average Bonchev–Trinajstić information content (AvgIpc) is 2.44. The second-order valence-electron chi connectivity index (χ2n) is 5.33. The van der Waals surface area contributed by atoms with E-state index in [1.54, 1.807) is 21.3 Å². The number of para-hydroxylation sites is 1. The third kappa shape index (κ3) is 3.72. The van der Waals surface area contributed by atoms with Gasteiger partial charge in [0.05, 0.1) is 19.8 Å². The zero-order valence-corrected chi connectivity index (χ0v) is 12.6. The third-order valence-electron chi connectivity index (χ3n) is 4.04. The fourth-order valence-corrected chi connectivity index (χ4v) is 2.74. The summed E-state index contributed by atoms with van der Waals surface area (Å²) in [5.41, 5.74) is 1.33. The van der Waals surface area contributed by atoms with E-state index in [0.717, 1.165) is 25.1 Å². The summed E-state index contributed by atoms with van der Waals surface area (Å²) in [4.78, 5) is 0. The number of rotatable bonds is 8. The maximum absolute atomic E-state index is 5.43. The van der Waals surface area contributed by atoms with Crippen LogP contribution in [0.1, 0.15) is 24.3 Å². The van der Waals surface area contributed by atoms with Crippen LogP contribution in [-0.2, 0) is 9.47 Å². The molecular weight excluding hydrogens is 254 g/mol. The highest BCUT2D eigenvalue weighted by Gasteiger charge is 2.31. The van der Waals surface area contributed by atoms with Crippen molar-refractivity contribution < 1.29 is 14.2 Å². The van der Waals surface area contributed by atoms with Crippen molar-refractivity contribution in [3.8, 4) is 5.75 Å². The van der Waals surface area contributed by atoms with E-state index in [4.69, 9.17) is 14.2 Å². The van der Waals surface area contributed by atoms with Gasteiger partial charge < -0.3 is 19.5 Å². The van der Waals surface area contributed by atoms with Crippen LogP contribution in [0.5, 0.6) is 5.75 Å². The topological polar surface area (TPSA) is 39.7 Å². The molecule has 0 spiro atoms. The van der Waals surface area contributed by atoms with Crippen molar-refractivity contribution >= 4 is 0 Å². The lowest BCUT2D eigenvalue weighted by Gasteiger charge is -2.37. The molecule has 0 aliphatic heterocycles. The number of methoxy groups -OCH3 is 3. The molecule has 1 aromatic rings. The predicted molar refractivity (Wildman–Crippen MR) is 79.4 cm³/mol. The number of hydrogen-bond donors (Lipinski definition) is 1. The standard InChI is InChI=1S/C16H25NO3/c1-18-11-14(19-2)10-17-13-8-12(9-13)15-6-4-5-7-16(15)20-3/h4-7,12-14,17H,8-11H2,1-3H3. The highest BCUT2D eigenvalue weighted by molar-refractivity contribution is 5.37. The van der Waals surface area contributed by atoms with Crippen molar-refractivity contribution in [1.29, 1.82) is 0 Å². The lowest BCUT2D eigenvalue weighted by Crippen LogP contribution is -2.44. The number of benzene rings is 1. The quantitative estimate of drug-likeness (QED) is 0.792. The minimum atomic E-state index is 0.130. The van der Waals surface area contributed by atoms with Crippen LogP contribution in [0.15, 0.2) is 24.3 Å². The normalized spacial score (nSPS) is 23.1. The van der Waals surface area contributed by atoms with Crippen molar-refractivity contribution in [1.82, 2.24) is 5.32 Å². The number of hydrogen-bond acceptors (Lipinski definition) is 4. The van der Waals surface area contributed by atoms with E-state index in [9.17, 15) is 0 Å². The van der Waals surface area contributed by atoms with Crippen LogP contribution in [0.4, 0.5) is 0 Å². The molecule has 0 amide bonds. The van der Waals surface area contributed by atoms with Crippen molar-refractivity contribution in [2.24, 2.45) is 0 Å². The Morgan fingerprint density at radius 1 is 1.20 bits per heavy atom. The maximum Gasteiger partial charge on any atom is 0.122 e. The zero-order chi connectivity index (χ0) is 14.4.